The van der Waals surface area contributed by atoms with Gasteiger partial charge in [0.15, 0.2) is 11.1 Å². The number of anilines is 1. The number of hydrogen-bond donors (Lipinski definition) is 2. The van der Waals surface area contributed by atoms with Gasteiger partial charge in [0.25, 0.3) is 0 Å². The van der Waals surface area contributed by atoms with E-state index in [1.165, 1.54) is 0 Å². The van der Waals surface area contributed by atoms with E-state index in [0.29, 0.717) is 5.69 Å². The van der Waals surface area contributed by atoms with Gasteiger partial charge in [-0.2, -0.15) is 0 Å². The highest BCUT2D eigenvalue weighted by Crippen LogP contribution is 2.10. The number of alkyl halides is 1. The molecule has 1 rings (SSSR count). The lowest BCUT2D eigenvalue weighted by atomic mass is 10.3. The lowest BCUT2D eigenvalue weighted by molar-refractivity contribution is 0.462. The van der Waals surface area contributed by atoms with Crippen molar-refractivity contribution in [2.45, 2.75) is 11.8 Å². The number of para-hydroxylation sites is 1. The SMILES string of the molecule is O=S(O)C(CCF)Nc1ccccc1. The molecule has 0 radical (unpaired) electrons. The summed E-state index contributed by atoms with van der Waals surface area (Å²) in [6.45, 7) is -0.614. The molecule has 0 saturated carbocycles. The summed E-state index contributed by atoms with van der Waals surface area (Å²) < 4.78 is 31.6. The lowest BCUT2D eigenvalue weighted by Gasteiger charge is -2.14. The zero-order valence-electron chi connectivity index (χ0n) is 7.52. The van der Waals surface area contributed by atoms with Crippen LogP contribution in [0.5, 0.6) is 0 Å². The molecule has 0 amide bonds. The highest BCUT2D eigenvalue weighted by molar-refractivity contribution is 7.80. The van der Waals surface area contributed by atoms with Crippen LogP contribution in [-0.2, 0) is 11.1 Å². The van der Waals surface area contributed by atoms with Crippen LogP contribution < -0.4 is 5.32 Å². The maximum absolute atomic E-state index is 12.0. The maximum Gasteiger partial charge on any atom is 0.176 e. The Morgan fingerprint density at radius 3 is 2.57 bits per heavy atom. The molecule has 14 heavy (non-hydrogen) atoms. The quantitative estimate of drug-likeness (QED) is 0.742. The second-order valence-electron chi connectivity index (χ2n) is 2.75. The van der Waals surface area contributed by atoms with Crippen molar-refractivity contribution in [2.24, 2.45) is 0 Å². The molecular weight excluding hydrogens is 205 g/mol. The Hall–Kier alpha value is -0.940. The predicted octanol–water partition coefficient (Wildman–Crippen LogP) is 2.01. The van der Waals surface area contributed by atoms with E-state index in [1.54, 1.807) is 24.3 Å². The van der Waals surface area contributed by atoms with Crippen LogP contribution in [0.1, 0.15) is 6.42 Å². The first-order valence-electron chi connectivity index (χ1n) is 4.21. The average molecular weight is 217 g/mol. The molecule has 5 heteroatoms. The minimum atomic E-state index is -2.05. The fraction of sp³-hybridized carbons (Fsp3) is 0.333. The van der Waals surface area contributed by atoms with Crippen LogP contribution in [-0.4, -0.2) is 20.8 Å². The van der Waals surface area contributed by atoms with Crippen molar-refractivity contribution < 1.29 is 13.2 Å². The van der Waals surface area contributed by atoms with E-state index in [-0.39, 0.29) is 6.42 Å². The summed E-state index contributed by atoms with van der Waals surface area (Å²) in [4.78, 5) is 0. The van der Waals surface area contributed by atoms with Gasteiger partial charge in [-0.1, -0.05) is 18.2 Å². The van der Waals surface area contributed by atoms with E-state index >= 15 is 0 Å². The summed E-state index contributed by atoms with van der Waals surface area (Å²) in [6.07, 6.45) is 0.0258. The van der Waals surface area contributed by atoms with Crippen LogP contribution in [0.3, 0.4) is 0 Å². The van der Waals surface area contributed by atoms with Gasteiger partial charge >= 0.3 is 0 Å². The van der Waals surface area contributed by atoms with E-state index in [2.05, 4.69) is 5.32 Å². The zero-order chi connectivity index (χ0) is 10.4. The first kappa shape index (κ1) is 11.1. The third-order valence-electron chi connectivity index (χ3n) is 1.72. The van der Waals surface area contributed by atoms with Crippen molar-refractivity contribution in [1.29, 1.82) is 0 Å². The van der Waals surface area contributed by atoms with Crippen molar-refractivity contribution >= 4 is 16.8 Å². The minimum Gasteiger partial charge on any atom is -0.369 e. The second kappa shape index (κ2) is 5.72. The molecule has 0 heterocycles. The molecule has 0 aromatic heterocycles. The highest BCUT2D eigenvalue weighted by atomic mass is 32.2. The van der Waals surface area contributed by atoms with Gasteiger partial charge < -0.3 is 9.87 Å². The van der Waals surface area contributed by atoms with Gasteiger partial charge in [-0.05, 0) is 12.1 Å². The predicted molar refractivity (Wildman–Crippen MR) is 55.2 cm³/mol. The Kier molecular flexibility index (Phi) is 4.55. The monoisotopic (exact) mass is 217 g/mol. The average Bonchev–Trinajstić information content (AvgIpc) is 2.18. The van der Waals surface area contributed by atoms with E-state index < -0.39 is 23.1 Å². The van der Waals surface area contributed by atoms with Crippen LogP contribution in [0.15, 0.2) is 30.3 Å². The largest absolute Gasteiger partial charge is 0.369 e. The smallest absolute Gasteiger partial charge is 0.176 e. The Morgan fingerprint density at radius 2 is 2.07 bits per heavy atom. The van der Waals surface area contributed by atoms with Gasteiger partial charge in [-0.25, -0.2) is 4.21 Å². The number of nitrogens with one attached hydrogen (secondary N) is 1. The van der Waals surface area contributed by atoms with Crippen molar-refractivity contribution in [3.63, 3.8) is 0 Å². The van der Waals surface area contributed by atoms with Gasteiger partial charge in [0.05, 0.1) is 6.67 Å². The zero-order valence-corrected chi connectivity index (χ0v) is 8.34. The van der Waals surface area contributed by atoms with Gasteiger partial charge in [-0.3, -0.25) is 4.39 Å². The molecule has 1 aromatic carbocycles. The third-order valence-corrected chi connectivity index (χ3v) is 2.56. The Balaban J connectivity index is 2.60. The van der Waals surface area contributed by atoms with E-state index in [1.807, 2.05) is 6.07 Å². The van der Waals surface area contributed by atoms with Crippen LogP contribution in [0.2, 0.25) is 0 Å². The van der Waals surface area contributed by atoms with Crippen LogP contribution in [0.25, 0.3) is 0 Å². The fourth-order valence-corrected chi connectivity index (χ4v) is 1.57. The summed E-state index contributed by atoms with van der Waals surface area (Å²) in [7, 11) is 0. The summed E-state index contributed by atoms with van der Waals surface area (Å²) >= 11 is -2.05. The fourth-order valence-electron chi connectivity index (χ4n) is 1.04. The highest BCUT2D eigenvalue weighted by Gasteiger charge is 2.13. The Bertz CT molecular complexity index is 294. The van der Waals surface area contributed by atoms with Crippen LogP contribution in [0, 0.1) is 0 Å². The van der Waals surface area contributed by atoms with Gasteiger partial charge in [0.2, 0.25) is 0 Å². The number of benzene rings is 1. The molecule has 1 aromatic rings. The first-order chi connectivity index (χ1) is 6.74. The molecule has 2 atom stereocenters. The molecule has 0 saturated heterocycles. The number of halogens is 1. The molecule has 0 fully saturated rings. The Labute approximate surface area is 84.6 Å². The molecule has 0 aliphatic carbocycles. The maximum atomic E-state index is 12.0. The van der Waals surface area contributed by atoms with Gasteiger partial charge in [0.1, 0.15) is 5.37 Å². The topological polar surface area (TPSA) is 49.3 Å². The normalized spacial score (nSPS) is 14.7. The van der Waals surface area contributed by atoms with E-state index in [0.717, 1.165) is 0 Å². The molecule has 0 spiro atoms. The van der Waals surface area contributed by atoms with E-state index in [4.69, 9.17) is 4.55 Å². The molecule has 2 unspecified atom stereocenters. The standard InChI is InChI=1S/C9H12FNO2S/c10-7-6-9(14(12)13)11-8-4-2-1-3-5-8/h1-5,9,11H,6-7H2,(H,12,13). The summed E-state index contributed by atoms with van der Waals surface area (Å²) in [5.74, 6) is 0. The first-order valence-corrected chi connectivity index (χ1v) is 5.38. The summed E-state index contributed by atoms with van der Waals surface area (Å²) in [6, 6.07) is 8.96. The molecule has 78 valence electrons. The molecule has 0 aliphatic rings. The Morgan fingerprint density at radius 1 is 1.43 bits per heavy atom. The molecule has 3 nitrogen and oxygen atoms in total. The molecule has 2 N–H and O–H groups in total. The molecule has 0 bridgehead atoms. The number of rotatable bonds is 5. The van der Waals surface area contributed by atoms with E-state index in [9.17, 15) is 8.60 Å². The summed E-state index contributed by atoms with van der Waals surface area (Å²) in [5.41, 5.74) is 0.716. The van der Waals surface area contributed by atoms with Gasteiger partial charge in [0, 0.05) is 12.1 Å². The lowest BCUT2D eigenvalue weighted by Crippen LogP contribution is -2.25. The molecular formula is C9H12FNO2S. The second-order valence-corrected chi connectivity index (χ2v) is 3.87. The molecule has 0 aliphatic heterocycles. The van der Waals surface area contributed by atoms with Crippen molar-refractivity contribution in [3.8, 4) is 0 Å². The van der Waals surface area contributed by atoms with Crippen LogP contribution >= 0.6 is 0 Å². The van der Waals surface area contributed by atoms with Crippen LogP contribution in [0.4, 0.5) is 10.1 Å². The minimum absolute atomic E-state index is 0.0258. The summed E-state index contributed by atoms with van der Waals surface area (Å²) in [5, 5.41) is 2.04. The van der Waals surface area contributed by atoms with Gasteiger partial charge in [-0.15, -0.1) is 0 Å². The van der Waals surface area contributed by atoms with Crippen molar-refractivity contribution in [3.05, 3.63) is 30.3 Å². The third kappa shape index (κ3) is 3.43. The van der Waals surface area contributed by atoms with Crippen molar-refractivity contribution in [1.82, 2.24) is 0 Å². The van der Waals surface area contributed by atoms with Crippen molar-refractivity contribution in [2.75, 3.05) is 12.0 Å². The number of hydrogen-bond acceptors (Lipinski definition) is 2.